The molecule has 0 bridgehead atoms. The first kappa shape index (κ1) is 22.0. The second-order valence-corrected chi connectivity index (χ2v) is 9.13. The molecule has 35 heavy (non-hydrogen) atoms. The van der Waals surface area contributed by atoms with Gasteiger partial charge >= 0.3 is 0 Å². The van der Waals surface area contributed by atoms with Gasteiger partial charge in [-0.05, 0) is 49.1 Å². The smallest absolute Gasteiger partial charge is 0.231 e. The number of benzene rings is 2. The molecule has 4 heterocycles. The van der Waals surface area contributed by atoms with Crippen LogP contribution in [0.3, 0.4) is 0 Å². The van der Waals surface area contributed by atoms with Crippen molar-refractivity contribution in [2.45, 2.75) is 38.8 Å². The molecule has 6 rings (SSSR count). The van der Waals surface area contributed by atoms with Gasteiger partial charge < -0.3 is 19.1 Å². The van der Waals surface area contributed by atoms with E-state index in [0.29, 0.717) is 24.9 Å². The highest BCUT2D eigenvalue weighted by Crippen LogP contribution is 2.35. The van der Waals surface area contributed by atoms with E-state index in [1.807, 2.05) is 18.2 Å². The van der Waals surface area contributed by atoms with Crippen LogP contribution in [-0.2, 0) is 19.5 Å². The van der Waals surface area contributed by atoms with Crippen LogP contribution in [0.4, 0.5) is 14.7 Å². The molecule has 0 radical (unpaired) electrons. The van der Waals surface area contributed by atoms with Gasteiger partial charge in [0.25, 0.3) is 0 Å². The summed E-state index contributed by atoms with van der Waals surface area (Å²) in [6.07, 6.45) is 4.15. The van der Waals surface area contributed by atoms with Crippen molar-refractivity contribution in [3.05, 3.63) is 64.9 Å². The van der Waals surface area contributed by atoms with Gasteiger partial charge in [0.15, 0.2) is 23.1 Å². The second-order valence-electron chi connectivity index (χ2n) is 9.13. The Labute approximate surface area is 202 Å². The van der Waals surface area contributed by atoms with Gasteiger partial charge in [0.2, 0.25) is 18.6 Å². The molecule has 3 aromatic rings. The van der Waals surface area contributed by atoms with Crippen molar-refractivity contribution in [1.82, 2.24) is 14.9 Å². The minimum absolute atomic E-state index is 0.210. The summed E-state index contributed by atoms with van der Waals surface area (Å²) < 4.78 is 44.3. The zero-order valence-electron chi connectivity index (χ0n) is 19.3. The molecule has 1 saturated heterocycles. The lowest BCUT2D eigenvalue weighted by molar-refractivity contribution is 0.174. The Kier molecular flexibility index (Phi) is 5.85. The predicted octanol–water partition coefficient (Wildman–Crippen LogP) is 4.82. The summed E-state index contributed by atoms with van der Waals surface area (Å²) in [7, 11) is 0. The zero-order valence-corrected chi connectivity index (χ0v) is 19.3. The molecule has 1 fully saturated rings. The number of aromatic nitrogens is 2. The SMILES string of the molecule is Fc1ccc(Oc2nc(N3CCCCC3)nc3c2CN(Cc2ccc4c(c2)OCO4)CC3)cc1F. The molecule has 2 aromatic carbocycles. The summed E-state index contributed by atoms with van der Waals surface area (Å²) in [5, 5.41) is 0. The van der Waals surface area contributed by atoms with Crippen LogP contribution in [0.15, 0.2) is 36.4 Å². The minimum Gasteiger partial charge on any atom is -0.454 e. The van der Waals surface area contributed by atoms with Gasteiger partial charge in [-0.2, -0.15) is 4.98 Å². The molecule has 182 valence electrons. The largest absolute Gasteiger partial charge is 0.454 e. The maximum atomic E-state index is 13.9. The summed E-state index contributed by atoms with van der Waals surface area (Å²) in [5.41, 5.74) is 2.94. The molecule has 0 N–H and O–H groups in total. The number of hydrogen-bond acceptors (Lipinski definition) is 7. The van der Waals surface area contributed by atoms with Crippen LogP contribution < -0.4 is 19.1 Å². The third-order valence-corrected chi connectivity index (χ3v) is 6.68. The highest BCUT2D eigenvalue weighted by molar-refractivity contribution is 5.46. The van der Waals surface area contributed by atoms with E-state index in [1.54, 1.807) is 0 Å². The Morgan fingerprint density at radius 3 is 2.60 bits per heavy atom. The number of ether oxygens (including phenoxy) is 3. The van der Waals surface area contributed by atoms with E-state index in [-0.39, 0.29) is 12.5 Å². The van der Waals surface area contributed by atoms with E-state index in [0.717, 1.165) is 79.3 Å². The molecular weight excluding hydrogens is 454 g/mol. The third kappa shape index (κ3) is 4.60. The minimum atomic E-state index is -0.953. The number of anilines is 1. The Morgan fingerprint density at radius 1 is 0.886 bits per heavy atom. The van der Waals surface area contributed by atoms with Crippen LogP contribution in [0.2, 0.25) is 0 Å². The summed E-state index contributed by atoms with van der Waals surface area (Å²) in [4.78, 5) is 14.1. The molecule has 7 nitrogen and oxygen atoms in total. The van der Waals surface area contributed by atoms with Gasteiger partial charge in [-0.3, -0.25) is 4.90 Å². The number of hydrogen-bond donors (Lipinski definition) is 0. The van der Waals surface area contributed by atoms with E-state index in [2.05, 4.69) is 9.80 Å². The van der Waals surface area contributed by atoms with Gasteiger partial charge in [-0.15, -0.1) is 0 Å². The van der Waals surface area contributed by atoms with Crippen LogP contribution in [0.25, 0.3) is 0 Å². The van der Waals surface area contributed by atoms with Gasteiger partial charge in [0.05, 0.1) is 11.3 Å². The molecule has 0 unspecified atom stereocenters. The maximum absolute atomic E-state index is 13.9. The van der Waals surface area contributed by atoms with E-state index >= 15 is 0 Å². The molecule has 1 aromatic heterocycles. The first-order valence-electron chi connectivity index (χ1n) is 12.0. The average Bonchev–Trinajstić information content (AvgIpc) is 3.35. The third-order valence-electron chi connectivity index (χ3n) is 6.68. The Balaban J connectivity index is 1.29. The topological polar surface area (TPSA) is 60.0 Å². The normalized spacial score (nSPS) is 17.4. The molecule has 0 aliphatic carbocycles. The molecule has 0 saturated carbocycles. The van der Waals surface area contributed by atoms with Crippen LogP contribution in [-0.4, -0.2) is 41.3 Å². The fourth-order valence-corrected chi connectivity index (χ4v) is 4.83. The van der Waals surface area contributed by atoms with Crippen LogP contribution in [0.1, 0.15) is 36.1 Å². The van der Waals surface area contributed by atoms with Gasteiger partial charge in [0, 0.05) is 45.2 Å². The van der Waals surface area contributed by atoms with Crippen molar-refractivity contribution in [2.75, 3.05) is 31.3 Å². The number of nitrogens with zero attached hydrogens (tertiary/aromatic N) is 4. The lowest BCUT2D eigenvalue weighted by Crippen LogP contribution is -2.34. The van der Waals surface area contributed by atoms with Crippen LogP contribution in [0.5, 0.6) is 23.1 Å². The zero-order chi connectivity index (χ0) is 23.8. The van der Waals surface area contributed by atoms with Crippen molar-refractivity contribution in [3.63, 3.8) is 0 Å². The van der Waals surface area contributed by atoms with Crippen LogP contribution in [0, 0.1) is 11.6 Å². The van der Waals surface area contributed by atoms with Gasteiger partial charge in [-0.1, -0.05) is 6.07 Å². The Hall–Kier alpha value is -3.46. The predicted molar refractivity (Wildman–Crippen MR) is 125 cm³/mol. The van der Waals surface area contributed by atoms with E-state index in [9.17, 15) is 8.78 Å². The van der Waals surface area contributed by atoms with Crippen molar-refractivity contribution < 1.29 is 23.0 Å². The standard InChI is InChI=1S/C26H26F2N4O3/c27-20-6-5-18(13-21(20)28)35-25-19-15-31(14-17-4-7-23-24(12-17)34-16-33-23)11-8-22(19)29-26(30-25)32-9-2-1-3-10-32/h4-7,12-13H,1-3,8-11,14-16H2. The highest BCUT2D eigenvalue weighted by Gasteiger charge is 2.27. The quantitative estimate of drug-likeness (QED) is 0.519. The van der Waals surface area contributed by atoms with E-state index < -0.39 is 11.6 Å². The van der Waals surface area contributed by atoms with E-state index in [4.69, 9.17) is 24.2 Å². The molecule has 0 atom stereocenters. The first-order valence-corrected chi connectivity index (χ1v) is 12.0. The molecule has 3 aliphatic heterocycles. The Morgan fingerprint density at radius 2 is 1.74 bits per heavy atom. The fourth-order valence-electron chi connectivity index (χ4n) is 4.83. The lowest BCUT2D eigenvalue weighted by Gasteiger charge is -2.32. The summed E-state index contributed by atoms with van der Waals surface area (Å²) >= 11 is 0. The summed E-state index contributed by atoms with van der Waals surface area (Å²) in [6, 6.07) is 9.51. The second kappa shape index (κ2) is 9.30. The fraction of sp³-hybridized carbons (Fsp3) is 0.385. The average molecular weight is 481 g/mol. The van der Waals surface area contributed by atoms with Gasteiger partial charge in [0.1, 0.15) is 5.75 Å². The number of fused-ring (bicyclic) bond motifs is 2. The number of halogens is 2. The van der Waals surface area contributed by atoms with Crippen molar-refractivity contribution >= 4 is 5.95 Å². The molecular formula is C26H26F2N4O3. The van der Waals surface area contributed by atoms with Crippen molar-refractivity contribution in [1.29, 1.82) is 0 Å². The van der Waals surface area contributed by atoms with Crippen molar-refractivity contribution in [2.24, 2.45) is 0 Å². The summed E-state index contributed by atoms with van der Waals surface area (Å²) in [5.74, 6) is 0.914. The molecule has 9 heteroatoms. The highest BCUT2D eigenvalue weighted by atomic mass is 19.2. The van der Waals surface area contributed by atoms with Crippen LogP contribution >= 0.6 is 0 Å². The molecule has 3 aliphatic rings. The van der Waals surface area contributed by atoms with E-state index in [1.165, 1.54) is 12.5 Å². The first-order chi connectivity index (χ1) is 17.1. The number of piperidine rings is 1. The molecule has 0 amide bonds. The Bertz CT molecular complexity index is 1250. The molecule has 0 spiro atoms. The lowest BCUT2D eigenvalue weighted by atomic mass is 10.1. The van der Waals surface area contributed by atoms with Crippen molar-refractivity contribution in [3.8, 4) is 23.1 Å². The maximum Gasteiger partial charge on any atom is 0.231 e. The van der Waals surface area contributed by atoms with Gasteiger partial charge in [-0.25, -0.2) is 13.8 Å². The number of rotatable bonds is 5. The summed E-state index contributed by atoms with van der Waals surface area (Å²) in [6.45, 7) is 4.19. The monoisotopic (exact) mass is 480 g/mol.